The van der Waals surface area contributed by atoms with Gasteiger partial charge in [-0.2, -0.15) is 8.42 Å². The zero-order valence-electron chi connectivity index (χ0n) is 5.12. The molecule has 0 radical (unpaired) electrons. The lowest BCUT2D eigenvalue weighted by molar-refractivity contribution is 0.465. The van der Waals surface area contributed by atoms with Crippen molar-refractivity contribution in [3.8, 4) is 12.5 Å². The Bertz CT molecular complexity index is 197. The SMILES string of the molecule is C#COS(=O)(=O)CCC. The van der Waals surface area contributed by atoms with Crippen LogP contribution in [0, 0.1) is 12.5 Å². The molecule has 0 unspecified atom stereocenters. The zero-order chi connectivity index (χ0) is 7.33. The second-order valence-electron chi connectivity index (χ2n) is 1.46. The van der Waals surface area contributed by atoms with Crippen LogP contribution in [0.3, 0.4) is 0 Å². The summed E-state index contributed by atoms with van der Waals surface area (Å²) in [5.74, 6) is -0.0167. The Morgan fingerprint density at radius 1 is 1.67 bits per heavy atom. The molecule has 0 N–H and O–H groups in total. The van der Waals surface area contributed by atoms with Crippen LogP contribution in [0.1, 0.15) is 13.3 Å². The molecule has 0 aromatic heterocycles. The maximum absolute atomic E-state index is 10.5. The molecule has 0 amide bonds. The maximum atomic E-state index is 10.5. The molecule has 9 heavy (non-hydrogen) atoms. The van der Waals surface area contributed by atoms with Gasteiger partial charge < -0.3 is 4.18 Å². The first kappa shape index (κ1) is 8.31. The van der Waals surface area contributed by atoms with E-state index in [1.807, 2.05) is 0 Å². The minimum Gasteiger partial charge on any atom is -0.328 e. The molecule has 0 fully saturated rings. The molecule has 0 saturated carbocycles. The molecule has 0 spiro atoms. The fourth-order valence-electron chi connectivity index (χ4n) is 0.365. The van der Waals surface area contributed by atoms with Gasteiger partial charge in [-0.15, -0.1) is 0 Å². The van der Waals surface area contributed by atoms with Crippen LogP contribution < -0.4 is 0 Å². The third kappa shape index (κ3) is 3.86. The molecule has 0 aromatic carbocycles. The summed E-state index contributed by atoms with van der Waals surface area (Å²) in [4.78, 5) is 0. The maximum Gasteiger partial charge on any atom is 0.317 e. The fraction of sp³-hybridized carbons (Fsp3) is 0.600. The average molecular weight is 148 g/mol. The Labute approximate surface area is 55.1 Å². The Kier molecular flexibility index (Phi) is 3.10. The minimum atomic E-state index is -3.42. The van der Waals surface area contributed by atoms with Crippen LogP contribution in [0.15, 0.2) is 0 Å². The van der Waals surface area contributed by atoms with E-state index in [9.17, 15) is 8.42 Å². The van der Waals surface area contributed by atoms with Crippen molar-refractivity contribution in [3.63, 3.8) is 0 Å². The molecular weight excluding hydrogens is 140 g/mol. The molecule has 0 aliphatic heterocycles. The van der Waals surface area contributed by atoms with Gasteiger partial charge in [0.05, 0.1) is 5.75 Å². The summed E-state index contributed by atoms with van der Waals surface area (Å²) in [5.41, 5.74) is 0. The molecule has 0 bridgehead atoms. The zero-order valence-corrected chi connectivity index (χ0v) is 5.94. The van der Waals surface area contributed by atoms with Crippen LogP contribution in [-0.2, 0) is 14.3 Å². The summed E-state index contributed by atoms with van der Waals surface area (Å²) in [7, 11) is -3.42. The normalized spacial score (nSPS) is 10.2. The molecular formula is C5H8O3S. The Balaban J connectivity index is 3.93. The van der Waals surface area contributed by atoms with Crippen molar-refractivity contribution >= 4 is 10.1 Å². The Morgan fingerprint density at radius 2 is 2.22 bits per heavy atom. The van der Waals surface area contributed by atoms with E-state index in [2.05, 4.69) is 10.6 Å². The van der Waals surface area contributed by atoms with E-state index in [1.54, 1.807) is 13.0 Å². The number of rotatable bonds is 3. The van der Waals surface area contributed by atoms with Crippen molar-refractivity contribution in [2.45, 2.75) is 13.3 Å². The van der Waals surface area contributed by atoms with E-state index < -0.39 is 10.1 Å². The topological polar surface area (TPSA) is 43.4 Å². The first-order valence-electron chi connectivity index (χ1n) is 2.49. The number of hydrogen-bond donors (Lipinski definition) is 0. The molecule has 3 nitrogen and oxygen atoms in total. The van der Waals surface area contributed by atoms with Crippen LogP contribution in [-0.4, -0.2) is 14.2 Å². The van der Waals surface area contributed by atoms with Crippen LogP contribution >= 0.6 is 0 Å². The van der Waals surface area contributed by atoms with E-state index in [4.69, 9.17) is 0 Å². The van der Waals surface area contributed by atoms with Crippen LogP contribution in [0.25, 0.3) is 0 Å². The summed E-state index contributed by atoms with van der Waals surface area (Å²) in [5, 5.41) is 0. The molecule has 0 aliphatic carbocycles. The summed E-state index contributed by atoms with van der Waals surface area (Å²) in [6.07, 6.45) is 6.72. The highest BCUT2D eigenvalue weighted by Gasteiger charge is 2.06. The largest absolute Gasteiger partial charge is 0.328 e. The predicted molar refractivity (Wildman–Crippen MR) is 34.0 cm³/mol. The van der Waals surface area contributed by atoms with Crippen molar-refractivity contribution in [1.82, 2.24) is 0 Å². The predicted octanol–water partition coefficient (Wildman–Crippen LogP) is 0.334. The highest BCUT2D eigenvalue weighted by Crippen LogP contribution is 1.92. The van der Waals surface area contributed by atoms with Crippen molar-refractivity contribution < 1.29 is 12.6 Å². The Morgan fingerprint density at radius 3 is 2.56 bits per heavy atom. The van der Waals surface area contributed by atoms with Gasteiger partial charge in [-0.3, -0.25) is 0 Å². The minimum absolute atomic E-state index is 0.0167. The van der Waals surface area contributed by atoms with E-state index in [1.165, 1.54) is 0 Å². The molecule has 4 heteroatoms. The van der Waals surface area contributed by atoms with Gasteiger partial charge in [-0.1, -0.05) is 13.3 Å². The van der Waals surface area contributed by atoms with E-state index in [0.717, 1.165) is 0 Å². The lowest BCUT2D eigenvalue weighted by Gasteiger charge is -1.94. The molecule has 52 valence electrons. The standard InChI is InChI=1S/C5H8O3S/c1-3-5-9(6,7)8-4-2/h2H,3,5H2,1H3. The quantitative estimate of drug-likeness (QED) is 0.428. The van der Waals surface area contributed by atoms with Gasteiger partial charge in [0.25, 0.3) is 0 Å². The van der Waals surface area contributed by atoms with Gasteiger partial charge in [0, 0.05) is 0 Å². The fourth-order valence-corrected chi connectivity index (χ4v) is 1.09. The van der Waals surface area contributed by atoms with Crippen LogP contribution in [0.5, 0.6) is 0 Å². The van der Waals surface area contributed by atoms with Crippen molar-refractivity contribution in [2.75, 3.05) is 5.75 Å². The molecule has 0 saturated heterocycles. The average Bonchev–Trinajstić information content (AvgIpc) is 1.64. The first-order valence-corrected chi connectivity index (χ1v) is 4.07. The summed E-state index contributed by atoms with van der Waals surface area (Å²) >= 11 is 0. The van der Waals surface area contributed by atoms with E-state index in [-0.39, 0.29) is 5.75 Å². The smallest absolute Gasteiger partial charge is 0.317 e. The van der Waals surface area contributed by atoms with Crippen molar-refractivity contribution in [3.05, 3.63) is 0 Å². The second-order valence-corrected chi connectivity index (χ2v) is 3.15. The number of hydrogen-bond acceptors (Lipinski definition) is 3. The first-order chi connectivity index (χ1) is 4.12. The van der Waals surface area contributed by atoms with Gasteiger partial charge in [-0.05, 0) is 6.42 Å². The van der Waals surface area contributed by atoms with Crippen molar-refractivity contribution in [1.29, 1.82) is 0 Å². The lowest BCUT2D eigenvalue weighted by atomic mass is 10.6. The van der Waals surface area contributed by atoms with Gasteiger partial charge in [0.2, 0.25) is 0 Å². The van der Waals surface area contributed by atoms with Crippen LogP contribution in [0.2, 0.25) is 0 Å². The third-order valence-corrected chi connectivity index (χ3v) is 1.89. The molecule has 0 heterocycles. The third-order valence-electron chi connectivity index (χ3n) is 0.629. The van der Waals surface area contributed by atoms with Crippen molar-refractivity contribution in [2.24, 2.45) is 0 Å². The summed E-state index contributed by atoms with van der Waals surface area (Å²) in [6, 6.07) is 0. The number of terminal acetylenes is 1. The van der Waals surface area contributed by atoms with Crippen LogP contribution in [0.4, 0.5) is 0 Å². The molecule has 0 aliphatic rings. The van der Waals surface area contributed by atoms with Gasteiger partial charge >= 0.3 is 10.1 Å². The molecule has 0 atom stereocenters. The molecule has 0 aromatic rings. The summed E-state index contributed by atoms with van der Waals surface area (Å²) in [6.45, 7) is 1.73. The van der Waals surface area contributed by atoms with Gasteiger partial charge in [0.1, 0.15) is 6.11 Å². The highest BCUT2D eigenvalue weighted by molar-refractivity contribution is 7.86. The highest BCUT2D eigenvalue weighted by atomic mass is 32.2. The monoisotopic (exact) mass is 148 g/mol. The van der Waals surface area contributed by atoms with Gasteiger partial charge in [0.15, 0.2) is 0 Å². The van der Waals surface area contributed by atoms with E-state index in [0.29, 0.717) is 6.42 Å². The molecule has 0 rings (SSSR count). The Hall–Kier alpha value is -0.690. The second kappa shape index (κ2) is 3.36. The van der Waals surface area contributed by atoms with Gasteiger partial charge in [-0.25, -0.2) is 0 Å². The lowest BCUT2D eigenvalue weighted by Crippen LogP contribution is -2.05. The summed E-state index contributed by atoms with van der Waals surface area (Å²) < 4.78 is 24.9. The van der Waals surface area contributed by atoms with E-state index >= 15 is 0 Å².